The summed E-state index contributed by atoms with van der Waals surface area (Å²) < 4.78 is 0. The Labute approximate surface area is 110 Å². The number of thiophene rings is 1. The Kier molecular flexibility index (Phi) is 2.89. The zero-order valence-electron chi connectivity index (χ0n) is 9.63. The van der Waals surface area contributed by atoms with Gasteiger partial charge in [0.1, 0.15) is 0 Å². The van der Waals surface area contributed by atoms with E-state index in [0.717, 1.165) is 16.2 Å². The molecule has 0 unspecified atom stereocenters. The molecule has 2 aliphatic rings. The molecule has 2 bridgehead atoms. The summed E-state index contributed by atoms with van der Waals surface area (Å²) in [6, 6.07) is 3.14. The lowest BCUT2D eigenvalue weighted by molar-refractivity contribution is 0.0935. The average Bonchev–Trinajstić information content (AvgIpc) is 2.95. The predicted octanol–water partition coefficient (Wildman–Crippen LogP) is 2.33. The predicted molar refractivity (Wildman–Crippen MR) is 69.9 cm³/mol. The zero-order valence-corrected chi connectivity index (χ0v) is 11.2. The number of nitrogens with one attached hydrogen (secondary N) is 2. The Hall–Kier alpha value is -0.580. The van der Waals surface area contributed by atoms with Crippen LogP contribution in [0.15, 0.2) is 6.07 Å². The molecule has 0 aliphatic carbocycles. The van der Waals surface area contributed by atoms with Crippen LogP contribution in [0.3, 0.4) is 0 Å². The molecule has 3 nitrogen and oxygen atoms in total. The third kappa shape index (κ3) is 2.09. The Morgan fingerprint density at radius 1 is 1.59 bits per heavy atom. The first-order chi connectivity index (χ1) is 8.13. The fourth-order valence-electron chi connectivity index (χ4n) is 2.79. The summed E-state index contributed by atoms with van der Waals surface area (Å²) in [4.78, 5) is 13.8. The molecule has 0 radical (unpaired) electrons. The van der Waals surface area contributed by atoms with Crippen molar-refractivity contribution in [3.05, 3.63) is 20.8 Å². The number of rotatable bonds is 2. The van der Waals surface area contributed by atoms with E-state index < -0.39 is 0 Å². The van der Waals surface area contributed by atoms with Crippen molar-refractivity contribution in [1.29, 1.82) is 0 Å². The van der Waals surface area contributed by atoms with E-state index in [1.165, 1.54) is 24.2 Å². The summed E-state index contributed by atoms with van der Waals surface area (Å²) in [6.45, 7) is 1.93. The third-order valence-corrected chi connectivity index (χ3v) is 5.25. The second-order valence-electron chi connectivity index (χ2n) is 4.88. The number of amides is 1. The fraction of sp³-hybridized carbons (Fsp3) is 0.583. The van der Waals surface area contributed by atoms with Crippen molar-refractivity contribution in [1.82, 2.24) is 10.6 Å². The molecule has 3 rings (SSSR count). The van der Waals surface area contributed by atoms with Gasteiger partial charge in [0.15, 0.2) is 0 Å². The highest BCUT2D eigenvalue weighted by Crippen LogP contribution is 2.30. The van der Waals surface area contributed by atoms with Crippen LogP contribution in [0.1, 0.15) is 33.8 Å². The van der Waals surface area contributed by atoms with Gasteiger partial charge in [0.25, 0.3) is 5.91 Å². The second kappa shape index (κ2) is 4.26. The van der Waals surface area contributed by atoms with Crippen LogP contribution in [-0.2, 0) is 0 Å². The van der Waals surface area contributed by atoms with Gasteiger partial charge in [-0.25, -0.2) is 0 Å². The molecule has 3 atom stereocenters. The summed E-state index contributed by atoms with van der Waals surface area (Å²) in [5, 5.41) is 7.32. The van der Waals surface area contributed by atoms with Gasteiger partial charge in [0.2, 0.25) is 0 Å². The largest absolute Gasteiger partial charge is 0.347 e. The highest BCUT2D eigenvalue weighted by atomic mass is 35.5. The molecule has 3 heterocycles. The number of hydrogen-bond donors (Lipinski definition) is 2. The van der Waals surface area contributed by atoms with Gasteiger partial charge in [0, 0.05) is 23.0 Å². The first-order valence-electron chi connectivity index (χ1n) is 5.96. The van der Waals surface area contributed by atoms with E-state index in [9.17, 15) is 4.79 Å². The zero-order chi connectivity index (χ0) is 12.0. The van der Waals surface area contributed by atoms with E-state index in [4.69, 9.17) is 11.6 Å². The maximum Gasteiger partial charge on any atom is 0.261 e. The quantitative estimate of drug-likeness (QED) is 0.866. The van der Waals surface area contributed by atoms with Crippen LogP contribution >= 0.6 is 22.9 Å². The summed E-state index contributed by atoms with van der Waals surface area (Å²) in [7, 11) is 0. The molecule has 92 valence electrons. The lowest BCUT2D eigenvalue weighted by Gasteiger charge is -2.20. The fourth-order valence-corrected chi connectivity index (χ4v) is 3.90. The highest BCUT2D eigenvalue weighted by Gasteiger charge is 2.39. The van der Waals surface area contributed by atoms with Gasteiger partial charge in [-0.15, -0.1) is 11.3 Å². The molecule has 1 amide bonds. The normalized spacial score (nSPS) is 30.8. The minimum absolute atomic E-state index is 0.0179. The maximum atomic E-state index is 12.1. The molecule has 0 saturated carbocycles. The van der Waals surface area contributed by atoms with E-state index in [2.05, 4.69) is 10.6 Å². The molecule has 1 aromatic rings. The van der Waals surface area contributed by atoms with Crippen molar-refractivity contribution in [2.45, 2.75) is 44.3 Å². The summed E-state index contributed by atoms with van der Waals surface area (Å²) in [5.74, 6) is 0.0179. The Morgan fingerprint density at radius 3 is 2.94 bits per heavy atom. The highest BCUT2D eigenvalue weighted by molar-refractivity contribution is 7.14. The first kappa shape index (κ1) is 11.5. The van der Waals surface area contributed by atoms with Gasteiger partial charge >= 0.3 is 0 Å². The van der Waals surface area contributed by atoms with E-state index >= 15 is 0 Å². The van der Waals surface area contributed by atoms with Gasteiger partial charge in [-0.1, -0.05) is 11.6 Å². The number of carbonyl (C=O) groups is 1. The number of aryl methyl sites for hydroxylation is 1. The lowest BCUT2D eigenvalue weighted by Crippen LogP contribution is -2.42. The number of hydrogen-bond acceptors (Lipinski definition) is 3. The third-order valence-electron chi connectivity index (χ3n) is 3.70. The smallest absolute Gasteiger partial charge is 0.261 e. The van der Waals surface area contributed by atoms with E-state index in [-0.39, 0.29) is 5.91 Å². The van der Waals surface area contributed by atoms with Crippen molar-refractivity contribution >= 4 is 28.8 Å². The maximum absolute atomic E-state index is 12.1. The SMILES string of the molecule is Cc1sc(C(=O)N[C@@H]2C[C@H]3CC[C@@H]2N3)cc1Cl. The average molecular weight is 271 g/mol. The van der Waals surface area contributed by atoms with Crippen molar-refractivity contribution in [3.63, 3.8) is 0 Å². The van der Waals surface area contributed by atoms with Gasteiger partial charge in [-0.2, -0.15) is 0 Å². The van der Waals surface area contributed by atoms with E-state index in [0.29, 0.717) is 23.1 Å². The molecule has 5 heteroatoms. The van der Waals surface area contributed by atoms with Crippen molar-refractivity contribution in [3.8, 4) is 0 Å². The minimum Gasteiger partial charge on any atom is -0.347 e. The second-order valence-corrected chi connectivity index (χ2v) is 6.54. The molecule has 17 heavy (non-hydrogen) atoms. The van der Waals surface area contributed by atoms with E-state index in [1.54, 1.807) is 6.07 Å². The molecule has 2 saturated heterocycles. The minimum atomic E-state index is 0.0179. The lowest BCUT2D eigenvalue weighted by atomic mass is 9.95. The van der Waals surface area contributed by atoms with E-state index in [1.807, 2.05) is 6.92 Å². The number of carbonyl (C=O) groups excluding carboxylic acids is 1. The molecular weight excluding hydrogens is 256 g/mol. The van der Waals surface area contributed by atoms with Gasteiger partial charge in [-0.05, 0) is 32.3 Å². The van der Waals surface area contributed by atoms with Crippen LogP contribution < -0.4 is 10.6 Å². The first-order valence-corrected chi connectivity index (χ1v) is 7.16. The molecule has 1 aromatic heterocycles. The van der Waals surface area contributed by atoms with Crippen LogP contribution in [-0.4, -0.2) is 24.0 Å². The molecule has 2 fully saturated rings. The molecule has 0 spiro atoms. The van der Waals surface area contributed by atoms with Crippen LogP contribution in [0.2, 0.25) is 5.02 Å². The topological polar surface area (TPSA) is 41.1 Å². The molecule has 2 aliphatic heterocycles. The van der Waals surface area contributed by atoms with Crippen LogP contribution in [0.4, 0.5) is 0 Å². The van der Waals surface area contributed by atoms with Crippen LogP contribution in [0.25, 0.3) is 0 Å². The van der Waals surface area contributed by atoms with Gasteiger partial charge in [-0.3, -0.25) is 4.79 Å². The van der Waals surface area contributed by atoms with Crippen molar-refractivity contribution in [2.24, 2.45) is 0 Å². The Bertz CT molecular complexity index is 440. The number of halogens is 1. The van der Waals surface area contributed by atoms with Crippen molar-refractivity contribution in [2.75, 3.05) is 0 Å². The summed E-state index contributed by atoms with van der Waals surface area (Å²) >= 11 is 7.43. The van der Waals surface area contributed by atoms with Gasteiger partial charge in [0.05, 0.1) is 9.90 Å². The molecular formula is C12H15ClN2OS. The molecule has 2 N–H and O–H groups in total. The molecule has 0 aromatic carbocycles. The van der Waals surface area contributed by atoms with Crippen LogP contribution in [0.5, 0.6) is 0 Å². The monoisotopic (exact) mass is 270 g/mol. The van der Waals surface area contributed by atoms with Crippen molar-refractivity contribution < 1.29 is 4.79 Å². The van der Waals surface area contributed by atoms with Crippen LogP contribution in [0, 0.1) is 6.92 Å². The number of fused-ring (bicyclic) bond motifs is 2. The Balaban J connectivity index is 1.67. The standard InChI is InChI=1S/C12H15ClN2OS/c1-6-8(13)5-11(17-6)12(16)15-10-4-7-2-3-9(10)14-7/h5,7,9-10,14H,2-4H2,1H3,(H,15,16)/t7-,9+,10-/m1/s1. The van der Waals surface area contributed by atoms with Gasteiger partial charge < -0.3 is 10.6 Å². The Morgan fingerprint density at radius 2 is 2.41 bits per heavy atom. The summed E-state index contributed by atoms with van der Waals surface area (Å²) in [5.41, 5.74) is 0. The summed E-state index contributed by atoms with van der Waals surface area (Å²) in [6.07, 6.45) is 3.50.